The topological polar surface area (TPSA) is 37.3 Å². The summed E-state index contributed by atoms with van der Waals surface area (Å²) in [6.45, 7) is 1.92. The Morgan fingerprint density at radius 3 is 2.27 bits per heavy atom. The predicted molar refractivity (Wildman–Crippen MR) is 90.1 cm³/mol. The van der Waals surface area contributed by atoms with E-state index in [9.17, 15) is 9.90 Å². The molecule has 0 saturated carbocycles. The van der Waals surface area contributed by atoms with Gasteiger partial charge in [0.05, 0.1) is 5.92 Å². The fraction of sp³-hybridized carbons (Fsp3) is 0.150. The average Bonchev–Trinajstić information content (AvgIpc) is 2.56. The molecule has 1 atom stereocenters. The Morgan fingerprint density at radius 1 is 0.909 bits per heavy atom. The van der Waals surface area contributed by atoms with Crippen molar-refractivity contribution < 1.29 is 9.90 Å². The monoisotopic (exact) mass is 290 g/mol. The van der Waals surface area contributed by atoms with Gasteiger partial charge in [0.1, 0.15) is 0 Å². The van der Waals surface area contributed by atoms with Crippen LogP contribution in [0.1, 0.15) is 24.8 Å². The maximum atomic E-state index is 11.5. The van der Waals surface area contributed by atoms with Gasteiger partial charge in [0.15, 0.2) is 0 Å². The van der Waals surface area contributed by atoms with E-state index >= 15 is 0 Å². The molecule has 3 aromatic carbocycles. The lowest BCUT2D eigenvalue weighted by Crippen LogP contribution is -2.10. The summed E-state index contributed by atoms with van der Waals surface area (Å²) in [7, 11) is 0. The molecular formula is C20H18O2. The van der Waals surface area contributed by atoms with Gasteiger partial charge in [0, 0.05) is 0 Å². The van der Waals surface area contributed by atoms with E-state index in [-0.39, 0.29) is 0 Å². The fourth-order valence-corrected chi connectivity index (χ4v) is 3.04. The molecule has 0 heterocycles. The van der Waals surface area contributed by atoms with Crippen molar-refractivity contribution in [1.82, 2.24) is 0 Å². The van der Waals surface area contributed by atoms with Crippen LogP contribution in [0.5, 0.6) is 0 Å². The van der Waals surface area contributed by atoms with Gasteiger partial charge >= 0.3 is 5.97 Å². The number of carboxylic acid groups (broad SMARTS) is 1. The van der Waals surface area contributed by atoms with E-state index in [0.29, 0.717) is 6.42 Å². The van der Waals surface area contributed by atoms with E-state index in [1.165, 1.54) is 0 Å². The Hall–Kier alpha value is -2.61. The number of hydrogen-bond acceptors (Lipinski definition) is 1. The van der Waals surface area contributed by atoms with E-state index in [2.05, 4.69) is 24.3 Å². The van der Waals surface area contributed by atoms with Crippen LogP contribution in [0.3, 0.4) is 0 Å². The molecule has 0 radical (unpaired) electrons. The van der Waals surface area contributed by atoms with Gasteiger partial charge in [-0.2, -0.15) is 0 Å². The van der Waals surface area contributed by atoms with Crippen LogP contribution in [-0.4, -0.2) is 11.1 Å². The molecule has 0 aliphatic heterocycles. The number of hydrogen-bond donors (Lipinski definition) is 1. The molecule has 0 fully saturated rings. The van der Waals surface area contributed by atoms with Crippen molar-refractivity contribution in [1.29, 1.82) is 0 Å². The third-order valence-electron chi connectivity index (χ3n) is 4.12. The van der Waals surface area contributed by atoms with Gasteiger partial charge in [-0.15, -0.1) is 0 Å². The van der Waals surface area contributed by atoms with Gasteiger partial charge in [-0.1, -0.05) is 73.7 Å². The zero-order chi connectivity index (χ0) is 15.5. The molecule has 0 amide bonds. The highest BCUT2D eigenvalue weighted by atomic mass is 16.4. The minimum absolute atomic E-state index is 0.463. The predicted octanol–water partition coefficient (Wildman–Crippen LogP) is 5.09. The standard InChI is InChI=1S/C20H18O2/c1-2-15(20(21)22)17-11-7-12-18-16(10-6-13-19(17)18)14-8-4-3-5-9-14/h3-13,15H,2H2,1H3,(H,21,22)/t15-/m0/s1. The molecule has 3 aromatic rings. The number of rotatable bonds is 4. The van der Waals surface area contributed by atoms with E-state index in [1.54, 1.807) is 0 Å². The Balaban J connectivity index is 2.25. The summed E-state index contributed by atoms with van der Waals surface area (Å²) in [4.78, 5) is 11.5. The van der Waals surface area contributed by atoms with E-state index in [0.717, 1.165) is 27.5 Å². The van der Waals surface area contributed by atoms with E-state index in [1.807, 2.05) is 49.4 Å². The summed E-state index contributed by atoms with van der Waals surface area (Å²) < 4.78 is 0. The SMILES string of the molecule is CC[C@H](C(=O)O)c1cccc2c(-c3ccccc3)cccc12. The van der Waals surface area contributed by atoms with Crippen LogP contribution in [0.25, 0.3) is 21.9 Å². The number of carboxylic acids is 1. The van der Waals surface area contributed by atoms with Gasteiger partial charge < -0.3 is 5.11 Å². The molecular weight excluding hydrogens is 272 g/mol. The maximum Gasteiger partial charge on any atom is 0.310 e. The number of benzene rings is 3. The van der Waals surface area contributed by atoms with Crippen LogP contribution < -0.4 is 0 Å². The first-order valence-electron chi connectivity index (χ1n) is 7.52. The van der Waals surface area contributed by atoms with Crippen molar-refractivity contribution in [3.63, 3.8) is 0 Å². The first-order chi connectivity index (χ1) is 10.7. The molecule has 3 rings (SSSR count). The van der Waals surface area contributed by atoms with Crippen molar-refractivity contribution >= 4 is 16.7 Å². The van der Waals surface area contributed by atoms with Crippen LogP contribution in [-0.2, 0) is 4.79 Å². The average molecular weight is 290 g/mol. The molecule has 2 nitrogen and oxygen atoms in total. The summed E-state index contributed by atoms with van der Waals surface area (Å²) in [6, 6.07) is 22.2. The Labute approximate surface area is 130 Å². The summed E-state index contributed by atoms with van der Waals surface area (Å²) >= 11 is 0. The van der Waals surface area contributed by atoms with Gasteiger partial charge in [-0.05, 0) is 33.9 Å². The first-order valence-corrected chi connectivity index (χ1v) is 7.52. The normalized spacial score (nSPS) is 12.2. The first kappa shape index (κ1) is 14.3. The quantitative estimate of drug-likeness (QED) is 0.727. The number of fused-ring (bicyclic) bond motifs is 1. The van der Waals surface area contributed by atoms with Crippen molar-refractivity contribution in [2.24, 2.45) is 0 Å². The molecule has 2 heteroatoms. The summed E-state index contributed by atoms with van der Waals surface area (Å²) in [5, 5.41) is 11.6. The third-order valence-corrected chi connectivity index (χ3v) is 4.12. The van der Waals surface area contributed by atoms with Crippen molar-refractivity contribution in [3.05, 3.63) is 72.3 Å². The molecule has 0 aliphatic rings. The van der Waals surface area contributed by atoms with E-state index < -0.39 is 11.9 Å². The highest BCUT2D eigenvalue weighted by Crippen LogP contribution is 2.34. The van der Waals surface area contributed by atoms with Crippen molar-refractivity contribution in [2.75, 3.05) is 0 Å². The summed E-state index contributed by atoms with van der Waals surface area (Å²) in [6.07, 6.45) is 0.587. The lowest BCUT2D eigenvalue weighted by molar-refractivity contribution is -0.138. The minimum atomic E-state index is -0.764. The zero-order valence-corrected chi connectivity index (χ0v) is 12.5. The molecule has 0 unspecified atom stereocenters. The minimum Gasteiger partial charge on any atom is -0.481 e. The largest absolute Gasteiger partial charge is 0.481 e. The second-order valence-corrected chi connectivity index (χ2v) is 5.41. The highest BCUT2D eigenvalue weighted by molar-refractivity contribution is 6.00. The fourth-order valence-electron chi connectivity index (χ4n) is 3.04. The molecule has 1 N–H and O–H groups in total. The smallest absolute Gasteiger partial charge is 0.310 e. The number of aliphatic carboxylic acids is 1. The lowest BCUT2D eigenvalue weighted by atomic mass is 9.89. The van der Waals surface area contributed by atoms with Crippen LogP contribution in [0.15, 0.2) is 66.7 Å². The van der Waals surface area contributed by atoms with Gasteiger partial charge in [-0.3, -0.25) is 4.79 Å². The molecule has 110 valence electrons. The van der Waals surface area contributed by atoms with Crippen LogP contribution in [0.2, 0.25) is 0 Å². The van der Waals surface area contributed by atoms with Crippen LogP contribution in [0, 0.1) is 0 Å². The molecule has 0 spiro atoms. The Bertz CT molecular complexity index is 806. The van der Waals surface area contributed by atoms with Crippen molar-refractivity contribution in [2.45, 2.75) is 19.3 Å². The summed E-state index contributed by atoms with van der Waals surface area (Å²) in [5.74, 6) is -1.23. The molecule has 0 saturated heterocycles. The lowest BCUT2D eigenvalue weighted by Gasteiger charge is -2.15. The summed E-state index contributed by atoms with van der Waals surface area (Å²) in [5.41, 5.74) is 3.18. The molecule has 0 aromatic heterocycles. The second-order valence-electron chi connectivity index (χ2n) is 5.41. The molecule has 0 aliphatic carbocycles. The third kappa shape index (κ3) is 2.48. The second kappa shape index (κ2) is 6.02. The Kier molecular flexibility index (Phi) is 3.92. The number of carbonyl (C=O) groups is 1. The molecule has 0 bridgehead atoms. The van der Waals surface area contributed by atoms with Gasteiger partial charge in [0.25, 0.3) is 0 Å². The van der Waals surface area contributed by atoms with Crippen LogP contribution >= 0.6 is 0 Å². The Morgan fingerprint density at radius 2 is 1.59 bits per heavy atom. The molecule has 22 heavy (non-hydrogen) atoms. The maximum absolute atomic E-state index is 11.5. The van der Waals surface area contributed by atoms with Crippen molar-refractivity contribution in [3.8, 4) is 11.1 Å². The van der Waals surface area contributed by atoms with Gasteiger partial charge in [0.2, 0.25) is 0 Å². The van der Waals surface area contributed by atoms with Gasteiger partial charge in [-0.25, -0.2) is 0 Å². The highest BCUT2D eigenvalue weighted by Gasteiger charge is 2.20. The van der Waals surface area contributed by atoms with E-state index in [4.69, 9.17) is 0 Å². The zero-order valence-electron chi connectivity index (χ0n) is 12.5. The van der Waals surface area contributed by atoms with Crippen LogP contribution in [0.4, 0.5) is 0 Å².